The summed E-state index contributed by atoms with van der Waals surface area (Å²) < 4.78 is 0. The summed E-state index contributed by atoms with van der Waals surface area (Å²) in [4.78, 5) is 6.26. The lowest BCUT2D eigenvalue weighted by Crippen LogP contribution is -2.32. The van der Waals surface area contributed by atoms with Gasteiger partial charge in [-0.05, 0) is 13.8 Å². The molecule has 0 amide bonds. The van der Waals surface area contributed by atoms with Crippen molar-refractivity contribution in [1.82, 2.24) is 10.3 Å². The quantitative estimate of drug-likeness (QED) is 0.435. The van der Waals surface area contributed by atoms with Crippen molar-refractivity contribution < 1.29 is 0 Å². The molecule has 1 aliphatic rings. The monoisotopic (exact) mass is 154 g/mol. The van der Waals surface area contributed by atoms with Crippen LogP contribution < -0.4 is 5.43 Å². The van der Waals surface area contributed by atoms with Crippen molar-refractivity contribution >= 4 is 11.7 Å². The second-order valence-electron chi connectivity index (χ2n) is 2.80. The SMILES string of the molecule is CC(C)=NNC1=NCCN1C. The highest BCUT2D eigenvalue weighted by Gasteiger charge is 2.10. The molecule has 0 aromatic rings. The highest BCUT2D eigenvalue weighted by Crippen LogP contribution is 1.94. The first-order valence-corrected chi connectivity index (χ1v) is 3.72. The van der Waals surface area contributed by atoms with Gasteiger partial charge < -0.3 is 4.90 Å². The normalized spacial score (nSPS) is 16.3. The van der Waals surface area contributed by atoms with Gasteiger partial charge in [0, 0.05) is 19.3 Å². The van der Waals surface area contributed by atoms with E-state index in [0.717, 1.165) is 24.8 Å². The first kappa shape index (κ1) is 8.04. The van der Waals surface area contributed by atoms with Gasteiger partial charge in [-0.2, -0.15) is 5.10 Å². The zero-order valence-corrected chi connectivity index (χ0v) is 7.26. The van der Waals surface area contributed by atoms with Crippen LogP contribution in [0.2, 0.25) is 0 Å². The van der Waals surface area contributed by atoms with Crippen LogP contribution in [0.3, 0.4) is 0 Å². The minimum absolute atomic E-state index is 0.867. The van der Waals surface area contributed by atoms with Gasteiger partial charge >= 0.3 is 0 Å². The maximum absolute atomic E-state index is 4.21. The van der Waals surface area contributed by atoms with Crippen molar-refractivity contribution in [2.45, 2.75) is 13.8 Å². The van der Waals surface area contributed by atoms with E-state index in [0.29, 0.717) is 0 Å². The first-order chi connectivity index (χ1) is 5.20. The van der Waals surface area contributed by atoms with E-state index in [1.807, 2.05) is 25.8 Å². The lowest BCUT2D eigenvalue weighted by Gasteiger charge is -2.11. The second kappa shape index (κ2) is 3.37. The molecule has 0 aromatic carbocycles. The summed E-state index contributed by atoms with van der Waals surface area (Å²) in [6.45, 7) is 5.75. The molecule has 0 unspecified atom stereocenters. The Balaban J connectivity index is 2.43. The number of hydrogen-bond acceptors (Lipinski definition) is 4. The van der Waals surface area contributed by atoms with Gasteiger partial charge in [-0.3, -0.25) is 0 Å². The second-order valence-corrected chi connectivity index (χ2v) is 2.80. The molecule has 1 aliphatic heterocycles. The summed E-state index contributed by atoms with van der Waals surface area (Å²) in [5.74, 6) is 0.867. The van der Waals surface area contributed by atoms with Crippen LogP contribution in [-0.2, 0) is 0 Å². The van der Waals surface area contributed by atoms with Crippen molar-refractivity contribution in [2.24, 2.45) is 10.1 Å². The number of nitrogens with zero attached hydrogens (tertiary/aromatic N) is 3. The van der Waals surface area contributed by atoms with E-state index in [9.17, 15) is 0 Å². The van der Waals surface area contributed by atoms with Crippen molar-refractivity contribution in [2.75, 3.05) is 20.1 Å². The van der Waals surface area contributed by atoms with Crippen molar-refractivity contribution in [1.29, 1.82) is 0 Å². The maximum atomic E-state index is 4.21. The molecule has 0 spiro atoms. The standard InChI is InChI=1S/C7H14N4/c1-6(2)9-10-7-8-4-5-11(7)3/h4-5H2,1-3H3,(H,8,10). The number of likely N-dealkylation sites (N-methyl/N-ethyl adjacent to an activating group) is 1. The lowest BCUT2D eigenvalue weighted by molar-refractivity contribution is 0.537. The number of hydrazone groups is 1. The lowest BCUT2D eigenvalue weighted by atomic mass is 10.5. The number of guanidine groups is 1. The Labute approximate surface area is 67.0 Å². The molecule has 1 rings (SSSR count). The van der Waals surface area contributed by atoms with Crippen LogP contribution >= 0.6 is 0 Å². The fourth-order valence-corrected chi connectivity index (χ4v) is 0.815. The van der Waals surface area contributed by atoms with Crippen LogP contribution in [0.25, 0.3) is 0 Å². The number of rotatable bonds is 1. The Morgan fingerprint density at radius 1 is 1.64 bits per heavy atom. The number of nitrogens with one attached hydrogen (secondary N) is 1. The van der Waals surface area contributed by atoms with Gasteiger partial charge in [-0.1, -0.05) is 0 Å². The summed E-state index contributed by atoms with van der Waals surface area (Å²) in [7, 11) is 2.00. The van der Waals surface area contributed by atoms with E-state index in [-0.39, 0.29) is 0 Å². The molecule has 0 atom stereocenters. The molecule has 1 N–H and O–H groups in total. The van der Waals surface area contributed by atoms with E-state index in [1.165, 1.54) is 0 Å². The molecule has 0 radical (unpaired) electrons. The zero-order chi connectivity index (χ0) is 8.27. The van der Waals surface area contributed by atoms with Crippen LogP contribution in [0.1, 0.15) is 13.8 Å². The Morgan fingerprint density at radius 3 is 2.82 bits per heavy atom. The molecule has 0 saturated heterocycles. The van der Waals surface area contributed by atoms with Gasteiger partial charge in [-0.15, -0.1) is 0 Å². The molecule has 4 nitrogen and oxygen atoms in total. The predicted molar refractivity (Wildman–Crippen MR) is 46.9 cm³/mol. The fourth-order valence-electron chi connectivity index (χ4n) is 0.815. The Kier molecular flexibility index (Phi) is 2.46. The molecule has 0 fully saturated rings. The van der Waals surface area contributed by atoms with Gasteiger partial charge in [-0.25, -0.2) is 10.4 Å². The Bertz CT molecular complexity index is 191. The summed E-state index contributed by atoms with van der Waals surface area (Å²) >= 11 is 0. The predicted octanol–water partition coefficient (Wildman–Crippen LogP) is 0.273. The minimum atomic E-state index is 0.867. The number of aliphatic imine (C=N–C) groups is 1. The van der Waals surface area contributed by atoms with Crippen LogP contribution in [0.5, 0.6) is 0 Å². The summed E-state index contributed by atoms with van der Waals surface area (Å²) in [6.07, 6.45) is 0. The van der Waals surface area contributed by atoms with E-state index in [1.54, 1.807) is 0 Å². The van der Waals surface area contributed by atoms with E-state index >= 15 is 0 Å². The van der Waals surface area contributed by atoms with Gasteiger partial charge in [0.05, 0.1) is 6.54 Å². The topological polar surface area (TPSA) is 40.0 Å². The van der Waals surface area contributed by atoms with E-state index in [4.69, 9.17) is 0 Å². The first-order valence-electron chi connectivity index (χ1n) is 3.72. The molecule has 0 aliphatic carbocycles. The van der Waals surface area contributed by atoms with Crippen molar-refractivity contribution in [3.8, 4) is 0 Å². The minimum Gasteiger partial charge on any atom is -0.343 e. The fraction of sp³-hybridized carbons (Fsp3) is 0.714. The van der Waals surface area contributed by atoms with Gasteiger partial charge in [0.25, 0.3) is 0 Å². The van der Waals surface area contributed by atoms with Gasteiger partial charge in [0.2, 0.25) is 5.96 Å². The molecule has 4 heteroatoms. The molecule has 11 heavy (non-hydrogen) atoms. The van der Waals surface area contributed by atoms with E-state index in [2.05, 4.69) is 15.5 Å². The highest BCUT2D eigenvalue weighted by molar-refractivity contribution is 5.84. The molecular weight excluding hydrogens is 140 g/mol. The third-order valence-corrected chi connectivity index (χ3v) is 1.44. The van der Waals surface area contributed by atoms with Crippen LogP contribution in [-0.4, -0.2) is 36.7 Å². The largest absolute Gasteiger partial charge is 0.343 e. The molecule has 62 valence electrons. The van der Waals surface area contributed by atoms with Crippen molar-refractivity contribution in [3.05, 3.63) is 0 Å². The smallest absolute Gasteiger partial charge is 0.214 e. The van der Waals surface area contributed by atoms with Crippen LogP contribution in [0, 0.1) is 0 Å². The average Bonchev–Trinajstić information content (AvgIpc) is 2.31. The van der Waals surface area contributed by atoms with Crippen LogP contribution in [0.4, 0.5) is 0 Å². The molecular formula is C7H14N4. The highest BCUT2D eigenvalue weighted by atomic mass is 15.4. The van der Waals surface area contributed by atoms with Crippen molar-refractivity contribution in [3.63, 3.8) is 0 Å². The number of hydrogen-bond donors (Lipinski definition) is 1. The Hall–Kier alpha value is -1.06. The van der Waals surface area contributed by atoms with Gasteiger partial charge in [0.15, 0.2) is 0 Å². The van der Waals surface area contributed by atoms with Gasteiger partial charge in [0.1, 0.15) is 0 Å². The van der Waals surface area contributed by atoms with Crippen LogP contribution in [0.15, 0.2) is 10.1 Å². The summed E-state index contributed by atoms with van der Waals surface area (Å²) in [5, 5.41) is 4.05. The average molecular weight is 154 g/mol. The molecule has 0 aromatic heterocycles. The summed E-state index contributed by atoms with van der Waals surface area (Å²) in [5.41, 5.74) is 3.90. The molecule has 0 bridgehead atoms. The third-order valence-electron chi connectivity index (χ3n) is 1.44. The van der Waals surface area contributed by atoms with E-state index < -0.39 is 0 Å². The Morgan fingerprint density at radius 2 is 2.36 bits per heavy atom. The summed E-state index contributed by atoms with van der Waals surface area (Å²) in [6, 6.07) is 0. The third kappa shape index (κ3) is 2.22. The molecule has 0 saturated carbocycles. The zero-order valence-electron chi connectivity index (χ0n) is 7.26. The maximum Gasteiger partial charge on any atom is 0.214 e. The molecule has 1 heterocycles.